The number of carboxylic acids is 2. The van der Waals surface area contributed by atoms with Gasteiger partial charge >= 0.3 is 11.9 Å². The first kappa shape index (κ1) is 15.7. The molecule has 0 saturated heterocycles. The summed E-state index contributed by atoms with van der Waals surface area (Å²) in [7, 11) is 0. The van der Waals surface area contributed by atoms with E-state index in [1.54, 1.807) is 30.3 Å². The van der Waals surface area contributed by atoms with Gasteiger partial charge in [-0.25, -0.2) is 9.59 Å². The normalized spacial score (nSPS) is 9.47. The number of hydrogen-bond acceptors (Lipinski definition) is 2. The molecule has 0 aromatic heterocycles. The second-order valence-corrected chi connectivity index (χ2v) is 3.70. The minimum atomic E-state index is -1.25. The largest absolute Gasteiger partial charge is 0.478 e. The Bertz CT molecular complexity index is 608. The van der Waals surface area contributed by atoms with Gasteiger partial charge in [0.25, 0.3) is 0 Å². The molecule has 5 heteroatoms. The van der Waals surface area contributed by atoms with Gasteiger partial charge in [0.05, 0.1) is 11.1 Å². The van der Waals surface area contributed by atoms with Crippen LogP contribution in [0.2, 0.25) is 0 Å². The maximum Gasteiger partial charge on any atom is 0.337 e. The van der Waals surface area contributed by atoms with Crippen LogP contribution in [0.15, 0.2) is 48.5 Å². The van der Waals surface area contributed by atoms with Crippen LogP contribution in [-0.2, 0) is 0 Å². The van der Waals surface area contributed by atoms with Crippen LogP contribution in [0.3, 0.4) is 0 Å². The van der Waals surface area contributed by atoms with Gasteiger partial charge < -0.3 is 10.2 Å². The number of carbonyl (C=O) groups is 2. The monoisotopic (exact) mass is 282 g/mol. The molecule has 2 aromatic carbocycles. The Morgan fingerprint density at radius 3 is 1.95 bits per heavy atom. The summed E-state index contributed by atoms with van der Waals surface area (Å²) in [6, 6.07) is 13.3. The molecule has 2 aromatic rings. The summed E-state index contributed by atoms with van der Waals surface area (Å²) in [6.45, 7) is 0. The van der Waals surface area contributed by atoms with E-state index in [2.05, 4.69) is 0 Å². The van der Waals surface area contributed by atoms with Gasteiger partial charge in [0.2, 0.25) is 0 Å². The van der Waals surface area contributed by atoms with Crippen LogP contribution in [0.25, 0.3) is 11.1 Å². The van der Waals surface area contributed by atoms with Crippen molar-refractivity contribution in [3.05, 3.63) is 59.7 Å². The van der Waals surface area contributed by atoms with E-state index in [0.717, 1.165) is 0 Å². The molecule has 2 radical (unpaired) electrons. The molecule has 0 heterocycles. The summed E-state index contributed by atoms with van der Waals surface area (Å²) in [5, 5.41) is 18.2. The number of rotatable bonds is 3. The molecular formula is C14H10CaO4. The van der Waals surface area contributed by atoms with Gasteiger partial charge in [-0.15, -0.1) is 0 Å². The second-order valence-electron chi connectivity index (χ2n) is 3.70. The average molecular weight is 282 g/mol. The SMILES string of the molecule is O=C(O)c1cccc(-c2ccccc2)c1C(=O)O.[Ca]. The van der Waals surface area contributed by atoms with E-state index < -0.39 is 11.9 Å². The Balaban J connectivity index is 0.00000180. The molecule has 0 fully saturated rings. The first-order chi connectivity index (χ1) is 8.61. The van der Waals surface area contributed by atoms with Crippen molar-refractivity contribution >= 4 is 49.7 Å². The third kappa shape index (κ3) is 3.35. The van der Waals surface area contributed by atoms with Gasteiger partial charge in [0, 0.05) is 37.7 Å². The molecule has 0 unspecified atom stereocenters. The summed E-state index contributed by atoms with van der Waals surface area (Å²) in [4.78, 5) is 22.3. The predicted octanol–water partition coefficient (Wildman–Crippen LogP) is 2.37. The Morgan fingerprint density at radius 2 is 1.42 bits per heavy atom. The fourth-order valence-electron chi connectivity index (χ4n) is 1.82. The summed E-state index contributed by atoms with van der Waals surface area (Å²) < 4.78 is 0. The quantitative estimate of drug-likeness (QED) is 0.847. The summed E-state index contributed by atoms with van der Waals surface area (Å²) in [6.07, 6.45) is 0. The molecule has 0 aliphatic heterocycles. The molecule has 19 heavy (non-hydrogen) atoms. The predicted molar refractivity (Wildman–Crippen MR) is 71.6 cm³/mol. The third-order valence-corrected chi connectivity index (χ3v) is 2.59. The first-order valence-corrected chi connectivity index (χ1v) is 5.26. The van der Waals surface area contributed by atoms with Crippen LogP contribution >= 0.6 is 0 Å². The van der Waals surface area contributed by atoms with Gasteiger partial charge in [-0.1, -0.05) is 42.5 Å². The average Bonchev–Trinajstić information content (AvgIpc) is 2.38. The molecule has 2 N–H and O–H groups in total. The van der Waals surface area contributed by atoms with Crippen LogP contribution < -0.4 is 0 Å². The van der Waals surface area contributed by atoms with Crippen molar-refractivity contribution in [2.45, 2.75) is 0 Å². The molecule has 0 aliphatic rings. The molecule has 0 atom stereocenters. The standard InChI is InChI=1S/C14H10O4.Ca/c15-13(16)11-8-4-7-10(12(11)14(17)18)9-5-2-1-3-6-9;/h1-8H,(H,15,16)(H,17,18);. The number of aromatic carboxylic acids is 2. The van der Waals surface area contributed by atoms with E-state index >= 15 is 0 Å². The van der Waals surface area contributed by atoms with Crippen molar-refractivity contribution in [3.63, 3.8) is 0 Å². The molecular weight excluding hydrogens is 272 g/mol. The van der Waals surface area contributed by atoms with E-state index in [-0.39, 0.29) is 48.9 Å². The van der Waals surface area contributed by atoms with E-state index in [0.29, 0.717) is 11.1 Å². The molecule has 0 bridgehead atoms. The minimum Gasteiger partial charge on any atom is -0.478 e. The van der Waals surface area contributed by atoms with Gasteiger partial charge in [-0.05, 0) is 17.2 Å². The maximum absolute atomic E-state index is 11.3. The van der Waals surface area contributed by atoms with E-state index in [4.69, 9.17) is 5.11 Å². The third-order valence-electron chi connectivity index (χ3n) is 2.59. The zero-order chi connectivity index (χ0) is 13.1. The van der Waals surface area contributed by atoms with Crippen molar-refractivity contribution in [3.8, 4) is 11.1 Å². The van der Waals surface area contributed by atoms with Gasteiger partial charge in [-0.3, -0.25) is 0 Å². The van der Waals surface area contributed by atoms with Crippen molar-refractivity contribution in [2.24, 2.45) is 0 Å². The first-order valence-electron chi connectivity index (χ1n) is 5.26. The summed E-state index contributed by atoms with van der Waals surface area (Å²) in [5.74, 6) is -2.49. The van der Waals surface area contributed by atoms with E-state index in [1.165, 1.54) is 12.1 Å². The van der Waals surface area contributed by atoms with Crippen molar-refractivity contribution in [2.75, 3.05) is 0 Å². The van der Waals surface area contributed by atoms with Crippen molar-refractivity contribution < 1.29 is 19.8 Å². The minimum absolute atomic E-state index is 0. The van der Waals surface area contributed by atoms with Gasteiger partial charge in [0.1, 0.15) is 0 Å². The molecule has 0 saturated carbocycles. The van der Waals surface area contributed by atoms with Crippen LogP contribution in [0.5, 0.6) is 0 Å². The Labute approximate surface area is 139 Å². The molecule has 92 valence electrons. The Kier molecular flexibility index (Phi) is 5.54. The molecule has 0 amide bonds. The Morgan fingerprint density at radius 1 is 0.789 bits per heavy atom. The topological polar surface area (TPSA) is 74.6 Å². The maximum atomic E-state index is 11.3. The molecule has 4 nitrogen and oxygen atoms in total. The molecule has 2 rings (SSSR count). The van der Waals surface area contributed by atoms with Crippen molar-refractivity contribution in [1.29, 1.82) is 0 Å². The Hall–Kier alpha value is -1.36. The zero-order valence-corrected chi connectivity index (χ0v) is 12.2. The van der Waals surface area contributed by atoms with Crippen molar-refractivity contribution in [1.82, 2.24) is 0 Å². The van der Waals surface area contributed by atoms with Crippen LogP contribution in [0.4, 0.5) is 0 Å². The van der Waals surface area contributed by atoms with Gasteiger partial charge in [-0.2, -0.15) is 0 Å². The summed E-state index contributed by atoms with van der Waals surface area (Å²) >= 11 is 0. The van der Waals surface area contributed by atoms with Gasteiger partial charge in [0.15, 0.2) is 0 Å². The fourth-order valence-corrected chi connectivity index (χ4v) is 1.82. The molecule has 0 spiro atoms. The summed E-state index contributed by atoms with van der Waals surface area (Å²) in [5.41, 5.74) is 0.695. The van der Waals surface area contributed by atoms with Crippen LogP contribution in [0.1, 0.15) is 20.7 Å². The number of hydrogen-bond donors (Lipinski definition) is 2. The molecule has 0 aliphatic carbocycles. The fraction of sp³-hybridized carbons (Fsp3) is 0. The van der Waals surface area contributed by atoms with Crippen LogP contribution in [0, 0.1) is 0 Å². The number of benzene rings is 2. The zero-order valence-electron chi connectivity index (χ0n) is 10.0. The van der Waals surface area contributed by atoms with Crippen LogP contribution in [-0.4, -0.2) is 59.9 Å². The van der Waals surface area contributed by atoms with E-state index in [9.17, 15) is 14.7 Å². The smallest absolute Gasteiger partial charge is 0.337 e. The van der Waals surface area contributed by atoms with E-state index in [1.807, 2.05) is 6.07 Å². The second kappa shape index (κ2) is 6.70. The number of carboxylic acid groups (broad SMARTS) is 2.